The number of halogens is 1. The van der Waals surface area contributed by atoms with Gasteiger partial charge in [-0.3, -0.25) is 4.79 Å². The molecule has 84 valence electrons. The van der Waals surface area contributed by atoms with E-state index in [1.54, 1.807) is 10.9 Å². The number of carbonyl (C=O) groups is 1. The molecule has 0 aliphatic carbocycles. The highest BCUT2D eigenvalue weighted by Crippen LogP contribution is 2.16. The SMILES string of the molecule is Cl.NC(=O)c1cn(C2CCNCC2)nn1. The fraction of sp³-hybridized carbons (Fsp3) is 0.625. The van der Waals surface area contributed by atoms with Crippen LogP contribution in [0.5, 0.6) is 0 Å². The van der Waals surface area contributed by atoms with Gasteiger partial charge in [-0.05, 0) is 25.9 Å². The van der Waals surface area contributed by atoms with Crippen LogP contribution in [-0.2, 0) is 0 Å². The summed E-state index contributed by atoms with van der Waals surface area (Å²) in [4.78, 5) is 10.8. The zero-order valence-corrected chi connectivity index (χ0v) is 9.04. The third-order valence-corrected chi connectivity index (χ3v) is 2.45. The molecular weight excluding hydrogens is 218 g/mol. The maximum atomic E-state index is 10.8. The van der Waals surface area contributed by atoms with E-state index in [4.69, 9.17) is 5.73 Å². The summed E-state index contributed by atoms with van der Waals surface area (Å²) < 4.78 is 1.74. The maximum Gasteiger partial charge on any atom is 0.270 e. The molecule has 0 saturated carbocycles. The number of aromatic nitrogens is 3. The number of piperidine rings is 1. The molecule has 1 aliphatic heterocycles. The van der Waals surface area contributed by atoms with E-state index in [0.717, 1.165) is 25.9 Å². The van der Waals surface area contributed by atoms with Crippen molar-refractivity contribution in [2.75, 3.05) is 13.1 Å². The van der Waals surface area contributed by atoms with E-state index < -0.39 is 5.91 Å². The van der Waals surface area contributed by atoms with E-state index in [1.807, 2.05) is 0 Å². The molecule has 0 radical (unpaired) electrons. The Balaban J connectivity index is 0.00000112. The summed E-state index contributed by atoms with van der Waals surface area (Å²) in [6.45, 7) is 1.97. The molecule has 1 aliphatic rings. The Labute approximate surface area is 93.6 Å². The van der Waals surface area contributed by atoms with Crippen molar-refractivity contribution in [2.45, 2.75) is 18.9 Å². The summed E-state index contributed by atoms with van der Waals surface area (Å²) in [5.41, 5.74) is 5.33. The van der Waals surface area contributed by atoms with Crippen LogP contribution < -0.4 is 11.1 Å². The molecule has 2 rings (SSSR count). The lowest BCUT2D eigenvalue weighted by Crippen LogP contribution is -2.29. The van der Waals surface area contributed by atoms with E-state index in [2.05, 4.69) is 15.6 Å². The number of primary amides is 1. The van der Waals surface area contributed by atoms with Crippen molar-refractivity contribution in [3.05, 3.63) is 11.9 Å². The van der Waals surface area contributed by atoms with E-state index in [0.29, 0.717) is 6.04 Å². The second-order valence-corrected chi connectivity index (χ2v) is 3.43. The Kier molecular flexibility index (Phi) is 4.05. The van der Waals surface area contributed by atoms with Gasteiger partial charge in [-0.15, -0.1) is 17.5 Å². The molecule has 1 amide bonds. The fourth-order valence-corrected chi connectivity index (χ4v) is 1.64. The molecule has 0 atom stereocenters. The van der Waals surface area contributed by atoms with Crippen molar-refractivity contribution < 1.29 is 4.79 Å². The Morgan fingerprint density at radius 1 is 1.53 bits per heavy atom. The van der Waals surface area contributed by atoms with Crippen LogP contribution in [0.4, 0.5) is 0 Å². The number of nitrogens with zero attached hydrogens (tertiary/aromatic N) is 3. The third-order valence-electron chi connectivity index (χ3n) is 2.45. The van der Waals surface area contributed by atoms with Gasteiger partial charge in [-0.2, -0.15) is 0 Å². The summed E-state index contributed by atoms with van der Waals surface area (Å²) in [6.07, 6.45) is 3.65. The molecule has 2 heterocycles. The number of hydrogen-bond donors (Lipinski definition) is 2. The smallest absolute Gasteiger partial charge is 0.270 e. The molecule has 1 fully saturated rings. The van der Waals surface area contributed by atoms with Crippen LogP contribution in [0.1, 0.15) is 29.4 Å². The molecule has 15 heavy (non-hydrogen) atoms. The number of nitrogens with one attached hydrogen (secondary N) is 1. The van der Waals surface area contributed by atoms with Gasteiger partial charge in [-0.25, -0.2) is 4.68 Å². The van der Waals surface area contributed by atoms with Crippen LogP contribution in [-0.4, -0.2) is 34.0 Å². The molecule has 1 aromatic rings. The van der Waals surface area contributed by atoms with Crippen LogP contribution in [0.25, 0.3) is 0 Å². The average Bonchev–Trinajstić information content (AvgIpc) is 2.68. The monoisotopic (exact) mass is 231 g/mol. The van der Waals surface area contributed by atoms with Gasteiger partial charge in [0.15, 0.2) is 5.69 Å². The first-order chi connectivity index (χ1) is 6.77. The normalized spacial score (nSPS) is 17.1. The zero-order valence-electron chi connectivity index (χ0n) is 8.22. The van der Waals surface area contributed by atoms with Gasteiger partial charge in [0.25, 0.3) is 5.91 Å². The Bertz CT molecular complexity index is 334. The van der Waals surface area contributed by atoms with Crippen molar-refractivity contribution in [3.63, 3.8) is 0 Å². The van der Waals surface area contributed by atoms with Gasteiger partial charge in [-0.1, -0.05) is 5.21 Å². The number of carbonyl (C=O) groups excluding carboxylic acids is 1. The van der Waals surface area contributed by atoms with E-state index in [-0.39, 0.29) is 18.1 Å². The summed E-state index contributed by atoms with van der Waals surface area (Å²) in [7, 11) is 0. The molecule has 1 saturated heterocycles. The molecule has 0 aromatic carbocycles. The van der Waals surface area contributed by atoms with Gasteiger partial charge in [0.05, 0.1) is 12.2 Å². The van der Waals surface area contributed by atoms with Crippen LogP contribution in [0.15, 0.2) is 6.20 Å². The van der Waals surface area contributed by atoms with Crippen molar-refractivity contribution in [1.82, 2.24) is 20.3 Å². The van der Waals surface area contributed by atoms with Crippen molar-refractivity contribution in [1.29, 1.82) is 0 Å². The van der Waals surface area contributed by atoms with Gasteiger partial charge < -0.3 is 11.1 Å². The lowest BCUT2D eigenvalue weighted by molar-refractivity contribution is 0.0995. The second-order valence-electron chi connectivity index (χ2n) is 3.43. The highest BCUT2D eigenvalue weighted by atomic mass is 35.5. The van der Waals surface area contributed by atoms with Crippen LogP contribution >= 0.6 is 12.4 Å². The predicted molar refractivity (Wildman–Crippen MR) is 56.9 cm³/mol. The Morgan fingerprint density at radius 2 is 2.20 bits per heavy atom. The zero-order chi connectivity index (χ0) is 9.97. The minimum Gasteiger partial charge on any atom is -0.364 e. The topological polar surface area (TPSA) is 85.8 Å². The molecule has 7 heteroatoms. The van der Waals surface area contributed by atoms with Crippen LogP contribution in [0.2, 0.25) is 0 Å². The predicted octanol–water partition coefficient (Wildman–Crippen LogP) is -0.277. The highest BCUT2D eigenvalue weighted by Gasteiger charge is 2.17. The average molecular weight is 232 g/mol. The van der Waals surface area contributed by atoms with Gasteiger partial charge in [0.1, 0.15) is 0 Å². The Morgan fingerprint density at radius 3 is 2.73 bits per heavy atom. The highest BCUT2D eigenvalue weighted by molar-refractivity contribution is 5.90. The summed E-state index contributed by atoms with van der Waals surface area (Å²) in [5.74, 6) is -0.523. The number of amides is 1. The summed E-state index contributed by atoms with van der Waals surface area (Å²) in [5, 5.41) is 10.9. The fourth-order valence-electron chi connectivity index (χ4n) is 1.64. The molecule has 0 unspecified atom stereocenters. The second kappa shape index (κ2) is 5.09. The van der Waals surface area contributed by atoms with E-state index in [1.165, 1.54) is 0 Å². The van der Waals surface area contributed by atoms with E-state index >= 15 is 0 Å². The number of rotatable bonds is 2. The maximum absolute atomic E-state index is 10.8. The molecule has 0 spiro atoms. The van der Waals surface area contributed by atoms with E-state index in [9.17, 15) is 4.79 Å². The Hall–Kier alpha value is -1.14. The molecular formula is C8H14ClN5O. The molecule has 6 nitrogen and oxygen atoms in total. The molecule has 0 bridgehead atoms. The largest absolute Gasteiger partial charge is 0.364 e. The van der Waals surface area contributed by atoms with Crippen LogP contribution in [0, 0.1) is 0 Å². The number of nitrogens with two attached hydrogens (primary N) is 1. The minimum atomic E-state index is -0.523. The quantitative estimate of drug-likeness (QED) is 0.733. The third kappa shape index (κ3) is 2.66. The van der Waals surface area contributed by atoms with Gasteiger partial charge >= 0.3 is 0 Å². The summed E-state index contributed by atoms with van der Waals surface area (Å²) in [6, 6.07) is 0.344. The van der Waals surface area contributed by atoms with Crippen molar-refractivity contribution >= 4 is 18.3 Å². The van der Waals surface area contributed by atoms with Crippen molar-refractivity contribution in [3.8, 4) is 0 Å². The molecule has 1 aromatic heterocycles. The van der Waals surface area contributed by atoms with Crippen molar-refractivity contribution in [2.24, 2.45) is 5.73 Å². The first-order valence-corrected chi connectivity index (χ1v) is 4.70. The first kappa shape index (κ1) is 11.9. The van der Waals surface area contributed by atoms with Gasteiger partial charge in [0.2, 0.25) is 0 Å². The first-order valence-electron chi connectivity index (χ1n) is 4.70. The lowest BCUT2D eigenvalue weighted by Gasteiger charge is -2.21. The number of hydrogen-bond acceptors (Lipinski definition) is 4. The van der Waals surface area contributed by atoms with Crippen LogP contribution in [0.3, 0.4) is 0 Å². The lowest BCUT2D eigenvalue weighted by atomic mass is 10.1. The molecule has 3 N–H and O–H groups in total. The summed E-state index contributed by atoms with van der Waals surface area (Å²) >= 11 is 0. The minimum absolute atomic E-state index is 0. The van der Waals surface area contributed by atoms with Gasteiger partial charge in [0, 0.05) is 0 Å². The standard InChI is InChI=1S/C8H13N5O.ClH/c9-8(14)7-5-13(12-11-7)6-1-3-10-4-2-6;/h5-6,10H,1-4H2,(H2,9,14);1H.